The van der Waals surface area contributed by atoms with Crippen LogP contribution in [0, 0.1) is 0 Å². The maximum absolute atomic E-state index is 6.00. The second-order valence-electron chi connectivity index (χ2n) is 3.73. The molecule has 1 aromatic heterocycles. The Balaban J connectivity index is 2.19. The number of nitrogens with zero attached hydrogens (tertiary/aromatic N) is 1. The van der Waals surface area contributed by atoms with Crippen LogP contribution in [0.3, 0.4) is 0 Å². The summed E-state index contributed by atoms with van der Waals surface area (Å²) in [5.41, 5.74) is 1.06. The molecule has 88 valence electrons. The van der Waals surface area contributed by atoms with Crippen molar-refractivity contribution in [3.05, 3.63) is 66.1 Å². The minimum Gasteiger partial charge on any atom is -0.467 e. The first kappa shape index (κ1) is 11.8. The van der Waals surface area contributed by atoms with Crippen LogP contribution in [0.15, 0.2) is 59.7 Å². The Morgan fingerprint density at radius 1 is 1.29 bits per heavy atom. The van der Waals surface area contributed by atoms with Crippen LogP contribution in [0.4, 0.5) is 5.69 Å². The van der Waals surface area contributed by atoms with E-state index in [1.807, 2.05) is 42.5 Å². The number of hydrogen-bond acceptors (Lipinski definition) is 2. The molecule has 0 N–H and O–H groups in total. The number of anilines is 1. The first-order valence-electron chi connectivity index (χ1n) is 5.43. The molecule has 3 heteroatoms. The van der Waals surface area contributed by atoms with E-state index in [1.54, 1.807) is 6.26 Å². The largest absolute Gasteiger partial charge is 0.467 e. The van der Waals surface area contributed by atoms with E-state index >= 15 is 0 Å². The van der Waals surface area contributed by atoms with Crippen molar-refractivity contribution < 1.29 is 4.42 Å². The van der Waals surface area contributed by atoms with Crippen molar-refractivity contribution in [3.8, 4) is 0 Å². The smallest absolute Gasteiger partial charge is 0.123 e. The van der Waals surface area contributed by atoms with Gasteiger partial charge < -0.3 is 9.32 Å². The summed E-state index contributed by atoms with van der Waals surface area (Å²) in [5.74, 6) is 0.923. The third kappa shape index (κ3) is 3.14. The number of halogens is 1. The molecule has 0 unspecified atom stereocenters. The highest BCUT2D eigenvalue weighted by Gasteiger charge is 2.07. The molecule has 0 atom stereocenters. The highest BCUT2D eigenvalue weighted by atomic mass is 35.5. The maximum atomic E-state index is 6.00. The zero-order chi connectivity index (χ0) is 12.1. The van der Waals surface area contributed by atoms with Crippen LogP contribution in [0.2, 0.25) is 5.02 Å². The van der Waals surface area contributed by atoms with Crippen LogP contribution in [-0.2, 0) is 6.54 Å². The van der Waals surface area contributed by atoms with Crippen LogP contribution in [0.5, 0.6) is 0 Å². The lowest BCUT2D eigenvalue weighted by atomic mass is 10.2. The van der Waals surface area contributed by atoms with Crippen molar-refractivity contribution in [1.29, 1.82) is 0 Å². The zero-order valence-corrected chi connectivity index (χ0v) is 10.2. The number of furan rings is 1. The van der Waals surface area contributed by atoms with Gasteiger partial charge in [0.2, 0.25) is 0 Å². The van der Waals surface area contributed by atoms with E-state index in [4.69, 9.17) is 16.0 Å². The monoisotopic (exact) mass is 247 g/mol. The zero-order valence-electron chi connectivity index (χ0n) is 9.47. The molecule has 17 heavy (non-hydrogen) atoms. The van der Waals surface area contributed by atoms with Crippen molar-refractivity contribution >= 4 is 17.3 Å². The maximum Gasteiger partial charge on any atom is 0.123 e. The van der Waals surface area contributed by atoms with Crippen LogP contribution < -0.4 is 4.90 Å². The standard InChI is InChI=1S/C14H14ClNO/c1-2-8-16(11-14-7-4-9-17-14)13-6-3-5-12(15)10-13/h2-7,9-10H,1,8,11H2. The third-order valence-electron chi connectivity index (χ3n) is 2.45. The van der Waals surface area contributed by atoms with Crippen LogP contribution in [0.25, 0.3) is 0 Å². The van der Waals surface area contributed by atoms with Gasteiger partial charge in [-0.1, -0.05) is 23.7 Å². The molecule has 0 aliphatic heterocycles. The van der Waals surface area contributed by atoms with Gasteiger partial charge in [-0.15, -0.1) is 6.58 Å². The van der Waals surface area contributed by atoms with Crippen molar-refractivity contribution in [2.75, 3.05) is 11.4 Å². The quantitative estimate of drug-likeness (QED) is 0.739. The van der Waals surface area contributed by atoms with Gasteiger partial charge in [0.05, 0.1) is 12.8 Å². The summed E-state index contributed by atoms with van der Waals surface area (Å²) in [6, 6.07) is 11.6. The molecule has 0 radical (unpaired) electrons. The number of hydrogen-bond donors (Lipinski definition) is 0. The average Bonchev–Trinajstić information content (AvgIpc) is 2.81. The molecule has 2 rings (SSSR count). The first-order valence-corrected chi connectivity index (χ1v) is 5.81. The molecule has 0 saturated carbocycles. The van der Waals surface area contributed by atoms with E-state index in [-0.39, 0.29) is 0 Å². The predicted molar refractivity (Wildman–Crippen MR) is 71.4 cm³/mol. The molecule has 0 bridgehead atoms. The molecule has 1 aromatic carbocycles. The lowest BCUT2D eigenvalue weighted by molar-refractivity contribution is 0.505. The molecule has 2 nitrogen and oxygen atoms in total. The predicted octanol–water partition coefficient (Wildman–Crippen LogP) is 4.13. The van der Waals surface area contributed by atoms with Gasteiger partial charge in [0.1, 0.15) is 5.76 Å². The summed E-state index contributed by atoms with van der Waals surface area (Å²) >= 11 is 6.00. The summed E-state index contributed by atoms with van der Waals surface area (Å²) in [4.78, 5) is 2.15. The fourth-order valence-electron chi connectivity index (χ4n) is 1.68. The van der Waals surface area contributed by atoms with Gasteiger partial charge in [-0.25, -0.2) is 0 Å². The van der Waals surface area contributed by atoms with Crippen molar-refractivity contribution in [2.24, 2.45) is 0 Å². The number of rotatable bonds is 5. The Morgan fingerprint density at radius 2 is 2.18 bits per heavy atom. The SMILES string of the molecule is C=CCN(Cc1ccco1)c1cccc(Cl)c1. The van der Waals surface area contributed by atoms with Crippen molar-refractivity contribution in [1.82, 2.24) is 0 Å². The van der Waals surface area contributed by atoms with Crippen LogP contribution in [-0.4, -0.2) is 6.54 Å². The van der Waals surface area contributed by atoms with Crippen LogP contribution >= 0.6 is 11.6 Å². The van der Waals surface area contributed by atoms with Gasteiger partial charge in [-0.2, -0.15) is 0 Å². The molecule has 0 spiro atoms. The Hall–Kier alpha value is -1.67. The molecular formula is C14H14ClNO. The van der Waals surface area contributed by atoms with Gasteiger partial charge in [0, 0.05) is 17.3 Å². The van der Waals surface area contributed by atoms with Gasteiger partial charge in [0.25, 0.3) is 0 Å². The normalized spacial score (nSPS) is 10.2. The minimum absolute atomic E-state index is 0.708. The molecule has 0 saturated heterocycles. The van der Waals surface area contributed by atoms with Gasteiger partial charge in [0.15, 0.2) is 0 Å². The average molecular weight is 248 g/mol. The highest BCUT2D eigenvalue weighted by Crippen LogP contribution is 2.21. The Bertz CT molecular complexity index is 479. The van der Waals surface area contributed by atoms with E-state index in [2.05, 4.69) is 11.5 Å². The fraction of sp³-hybridized carbons (Fsp3) is 0.143. The third-order valence-corrected chi connectivity index (χ3v) is 2.68. The minimum atomic E-state index is 0.708. The van der Waals surface area contributed by atoms with E-state index in [1.165, 1.54) is 0 Å². The molecule has 0 aliphatic rings. The van der Waals surface area contributed by atoms with E-state index in [0.717, 1.165) is 23.0 Å². The molecule has 0 aliphatic carbocycles. The molecule has 2 aromatic rings. The fourth-order valence-corrected chi connectivity index (χ4v) is 1.87. The van der Waals surface area contributed by atoms with Crippen molar-refractivity contribution in [2.45, 2.75) is 6.54 Å². The second kappa shape index (κ2) is 5.60. The van der Waals surface area contributed by atoms with Gasteiger partial charge in [-0.3, -0.25) is 0 Å². The van der Waals surface area contributed by atoms with E-state index in [0.29, 0.717) is 6.54 Å². The Labute approximate surface area is 106 Å². The summed E-state index contributed by atoms with van der Waals surface area (Å²) in [7, 11) is 0. The van der Waals surface area contributed by atoms with E-state index < -0.39 is 0 Å². The molecule has 1 heterocycles. The van der Waals surface area contributed by atoms with E-state index in [9.17, 15) is 0 Å². The molecule has 0 amide bonds. The second-order valence-corrected chi connectivity index (χ2v) is 4.16. The van der Waals surface area contributed by atoms with Gasteiger partial charge >= 0.3 is 0 Å². The number of benzene rings is 1. The molecular weight excluding hydrogens is 234 g/mol. The molecule has 0 fully saturated rings. The highest BCUT2D eigenvalue weighted by molar-refractivity contribution is 6.30. The summed E-state index contributed by atoms with van der Waals surface area (Å²) < 4.78 is 5.35. The van der Waals surface area contributed by atoms with Gasteiger partial charge in [-0.05, 0) is 30.3 Å². The summed E-state index contributed by atoms with van der Waals surface area (Å²) in [6.45, 7) is 5.23. The Kier molecular flexibility index (Phi) is 3.89. The first-order chi connectivity index (χ1) is 8.29. The van der Waals surface area contributed by atoms with Crippen molar-refractivity contribution in [3.63, 3.8) is 0 Å². The Morgan fingerprint density at radius 3 is 2.82 bits per heavy atom. The topological polar surface area (TPSA) is 16.4 Å². The summed E-state index contributed by atoms with van der Waals surface area (Å²) in [6.07, 6.45) is 3.54. The van der Waals surface area contributed by atoms with Crippen LogP contribution in [0.1, 0.15) is 5.76 Å². The lowest BCUT2D eigenvalue weighted by Crippen LogP contribution is -2.22. The lowest BCUT2D eigenvalue weighted by Gasteiger charge is -2.22. The summed E-state index contributed by atoms with van der Waals surface area (Å²) in [5, 5.41) is 0.732.